The van der Waals surface area contributed by atoms with Crippen LogP contribution in [-0.4, -0.2) is 37.2 Å². The van der Waals surface area contributed by atoms with Gasteiger partial charge < -0.3 is 10.6 Å². The third kappa shape index (κ3) is 4.93. The summed E-state index contributed by atoms with van der Waals surface area (Å²) in [6, 6.07) is 1.80. The zero-order valence-corrected chi connectivity index (χ0v) is 12.4. The second-order valence-corrected chi connectivity index (χ2v) is 6.73. The predicted molar refractivity (Wildman–Crippen MR) is 79.3 cm³/mol. The number of nitrogens with one attached hydrogen (secondary N) is 2. The summed E-state index contributed by atoms with van der Waals surface area (Å²) in [5.74, 6) is 2.57. The molecule has 1 saturated carbocycles. The number of hydrogen-bond acceptors (Lipinski definition) is 6. The molecule has 20 heavy (non-hydrogen) atoms. The summed E-state index contributed by atoms with van der Waals surface area (Å²) < 4.78 is 21.8. The molecule has 0 spiro atoms. The summed E-state index contributed by atoms with van der Waals surface area (Å²) in [4.78, 5) is 8.91. The highest BCUT2D eigenvalue weighted by Gasteiger charge is 2.27. The first-order chi connectivity index (χ1) is 9.48. The van der Waals surface area contributed by atoms with Crippen molar-refractivity contribution in [2.45, 2.75) is 32.1 Å². The molecule has 1 fully saturated rings. The molecule has 0 saturated heterocycles. The van der Waals surface area contributed by atoms with Crippen molar-refractivity contribution >= 4 is 21.7 Å². The molecule has 8 heteroatoms. The van der Waals surface area contributed by atoms with E-state index in [1.807, 2.05) is 0 Å². The molecule has 4 N–H and O–H groups in total. The van der Waals surface area contributed by atoms with Crippen molar-refractivity contribution < 1.29 is 8.42 Å². The lowest BCUT2D eigenvalue weighted by Crippen LogP contribution is -2.22. The molecule has 2 rings (SSSR count). The highest BCUT2D eigenvalue weighted by atomic mass is 32.2. The van der Waals surface area contributed by atoms with Gasteiger partial charge in [-0.05, 0) is 19.3 Å². The third-order valence-corrected chi connectivity index (χ3v) is 3.71. The number of primary sulfonamides is 1. The molecule has 0 unspecified atom stereocenters. The van der Waals surface area contributed by atoms with Crippen LogP contribution in [0.5, 0.6) is 0 Å². The zero-order valence-electron chi connectivity index (χ0n) is 11.6. The van der Waals surface area contributed by atoms with Gasteiger partial charge in [-0.15, -0.1) is 0 Å². The van der Waals surface area contributed by atoms with Gasteiger partial charge in [0.25, 0.3) is 0 Å². The third-order valence-electron chi connectivity index (χ3n) is 2.93. The van der Waals surface area contributed by atoms with E-state index in [-0.39, 0.29) is 12.3 Å². The van der Waals surface area contributed by atoms with Crippen molar-refractivity contribution in [1.82, 2.24) is 9.97 Å². The topological polar surface area (TPSA) is 110 Å². The van der Waals surface area contributed by atoms with Crippen molar-refractivity contribution in [3.8, 4) is 0 Å². The summed E-state index contributed by atoms with van der Waals surface area (Å²) in [5.41, 5.74) is 0. The minimum Gasteiger partial charge on any atom is -0.370 e. The smallest absolute Gasteiger partial charge is 0.210 e. The Morgan fingerprint density at radius 3 is 2.35 bits per heavy atom. The Balaban J connectivity index is 2.04. The summed E-state index contributed by atoms with van der Waals surface area (Å²) in [6.07, 6.45) is 3.25. The molecule has 0 atom stereocenters. The highest BCUT2D eigenvalue weighted by molar-refractivity contribution is 7.89. The minimum atomic E-state index is -3.45. The van der Waals surface area contributed by atoms with Gasteiger partial charge in [0.1, 0.15) is 17.5 Å². The van der Waals surface area contributed by atoms with Crippen LogP contribution < -0.4 is 15.8 Å². The summed E-state index contributed by atoms with van der Waals surface area (Å²) in [7, 11) is -3.45. The quantitative estimate of drug-likeness (QED) is 0.657. The standard InChI is InChI=1S/C12H21N5O2S/c1-2-5-14-10-8-11(15-6-7-20(13,18)19)17-12(16-10)9-3-4-9/h8-9H,2-7H2,1H3,(H2,13,18,19)(H2,14,15,16,17). The molecule has 1 aliphatic rings. The molecule has 0 amide bonds. The maximum absolute atomic E-state index is 10.9. The number of rotatable bonds is 8. The number of nitrogens with zero attached hydrogens (tertiary/aromatic N) is 2. The fraction of sp³-hybridized carbons (Fsp3) is 0.667. The number of hydrogen-bond donors (Lipinski definition) is 3. The Morgan fingerprint density at radius 2 is 1.85 bits per heavy atom. The molecule has 7 nitrogen and oxygen atoms in total. The Labute approximate surface area is 119 Å². The van der Waals surface area contributed by atoms with Crippen LogP contribution in [-0.2, 0) is 10.0 Å². The van der Waals surface area contributed by atoms with Crippen LogP contribution in [0.2, 0.25) is 0 Å². The second kappa shape index (κ2) is 6.36. The highest BCUT2D eigenvalue weighted by Crippen LogP contribution is 2.38. The Bertz CT molecular complexity index is 557. The van der Waals surface area contributed by atoms with Gasteiger partial charge in [0.2, 0.25) is 10.0 Å². The summed E-state index contributed by atoms with van der Waals surface area (Å²) in [6.45, 7) is 3.17. The fourth-order valence-corrected chi connectivity index (χ4v) is 2.13. The van der Waals surface area contributed by atoms with Gasteiger partial charge in [-0.25, -0.2) is 23.5 Å². The van der Waals surface area contributed by atoms with Gasteiger partial charge >= 0.3 is 0 Å². The first-order valence-electron chi connectivity index (χ1n) is 6.85. The SMILES string of the molecule is CCCNc1cc(NCCS(N)(=O)=O)nc(C2CC2)n1. The Hall–Kier alpha value is -1.41. The van der Waals surface area contributed by atoms with E-state index in [0.29, 0.717) is 11.7 Å². The van der Waals surface area contributed by atoms with Crippen LogP contribution >= 0.6 is 0 Å². The molecule has 1 aromatic rings. The maximum Gasteiger partial charge on any atom is 0.210 e. The average Bonchev–Trinajstić information content (AvgIpc) is 3.19. The molecular weight excluding hydrogens is 278 g/mol. The lowest BCUT2D eigenvalue weighted by molar-refractivity contribution is 0.598. The van der Waals surface area contributed by atoms with Crippen LogP contribution in [0.1, 0.15) is 37.9 Å². The van der Waals surface area contributed by atoms with Crippen molar-refractivity contribution in [3.05, 3.63) is 11.9 Å². The van der Waals surface area contributed by atoms with Crippen LogP contribution in [0.4, 0.5) is 11.6 Å². The Morgan fingerprint density at radius 1 is 1.25 bits per heavy atom. The van der Waals surface area contributed by atoms with Crippen molar-refractivity contribution in [2.24, 2.45) is 5.14 Å². The fourth-order valence-electron chi connectivity index (χ4n) is 1.75. The molecular formula is C12H21N5O2S. The van der Waals surface area contributed by atoms with Crippen LogP contribution in [0.25, 0.3) is 0 Å². The second-order valence-electron chi connectivity index (χ2n) is 4.99. The number of aromatic nitrogens is 2. The van der Waals surface area contributed by atoms with E-state index in [9.17, 15) is 8.42 Å². The molecule has 0 aromatic carbocycles. The number of sulfonamides is 1. The van der Waals surface area contributed by atoms with Gasteiger partial charge in [0, 0.05) is 25.1 Å². The maximum atomic E-state index is 10.9. The van der Waals surface area contributed by atoms with Crippen LogP contribution in [0.15, 0.2) is 6.07 Å². The van der Waals surface area contributed by atoms with Crippen molar-refractivity contribution in [2.75, 3.05) is 29.5 Å². The van der Waals surface area contributed by atoms with E-state index >= 15 is 0 Å². The van der Waals surface area contributed by atoms with E-state index in [2.05, 4.69) is 27.5 Å². The molecule has 0 radical (unpaired) electrons. The van der Waals surface area contributed by atoms with Crippen LogP contribution in [0.3, 0.4) is 0 Å². The van der Waals surface area contributed by atoms with Crippen LogP contribution in [0, 0.1) is 0 Å². The predicted octanol–water partition coefficient (Wildman–Crippen LogP) is 0.876. The first kappa shape index (κ1) is 15.0. The monoisotopic (exact) mass is 299 g/mol. The lowest BCUT2D eigenvalue weighted by Gasteiger charge is -2.10. The molecule has 0 bridgehead atoms. The summed E-state index contributed by atoms with van der Waals surface area (Å²) >= 11 is 0. The molecule has 112 valence electrons. The first-order valence-corrected chi connectivity index (χ1v) is 8.56. The van der Waals surface area contributed by atoms with Gasteiger partial charge in [0.05, 0.1) is 5.75 Å². The van der Waals surface area contributed by atoms with Gasteiger partial charge in [-0.1, -0.05) is 6.92 Å². The molecule has 1 heterocycles. The average molecular weight is 299 g/mol. The van der Waals surface area contributed by atoms with E-state index in [1.165, 1.54) is 0 Å². The number of anilines is 2. The lowest BCUT2D eigenvalue weighted by atomic mass is 10.3. The Kier molecular flexibility index (Phi) is 4.77. The van der Waals surface area contributed by atoms with Gasteiger partial charge in [-0.2, -0.15) is 0 Å². The number of nitrogens with two attached hydrogens (primary N) is 1. The van der Waals surface area contributed by atoms with Gasteiger partial charge in [-0.3, -0.25) is 0 Å². The zero-order chi connectivity index (χ0) is 14.6. The molecule has 1 aromatic heterocycles. The molecule has 1 aliphatic carbocycles. The van der Waals surface area contributed by atoms with Crippen molar-refractivity contribution in [3.63, 3.8) is 0 Å². The van der Waals surface area contributed by atoms with E-state index in [1.54, 1.807) is 6.07 Å². The van der Waals surface area contributed by atoms with E-state index in [0.717, 1.165) is 37.4 Å². The van der Waals surface area contributed by atoms with Crippen molar-refractivity contribution in [1.29, 1.82) is 0 Å². The normalized spacial score (nSPS) is 15.1. The molecule has 0 aliphatic heterocycles. The summed E-state index contributed by atoms with van der Waals surface area (Å²) in [5, 5.41) is 11.2. The minimum absolute atomic E-state index is 0.118. The van der Waals surface area contributed by atoms with E-state index in [4.69, 9.17) is 5.14 Å². The van der Waals surface area contributed by atoms with E-state index < -0.39 is 10.0 Å². The largest absolute Gasteiger partial charge is 0.370 e. The van der Waals surface area contributed by atoms with Gasteiger partial charge in [0.15, 0.2) is 0 Å².